The molecule has 4 aliphatic heterocycles. The average molecular weight is 705 g/mol. The lowest BCUT2D eigenvalue weighted by Gasteiger charge is -2.55. The van der Waals surface area contributed by atoms with Gasteiger partial charge in [0.1, 0.15) is 11.8 Å². The third kappa shape index (κ3) is 5.83. The maximum Gasteiger partial charge on any atom is 0.259 e. The molecule has 1 atom stereocenters. The minimum Gasteiger partial charge on any atom is -0.496 e. The third-order valence-electron chi connectivity index (χ3n) is 11.7. The normalized spacial score (nSPS) is 20.0. The van der Waals surface area contributed by atoms with E-state index in [0.29, 0.717) is 29.6 Å². The Morgan fingerprint density at radius 1 is 1.02 bits per heavy atom. The number of pyridine rings is 2. The summed E-state index contributed by atoms with van der Waals surface area (Å²) < 4.78 is 7.59. The van der Waals surface area contributed by atoms with Gasteiger partial charge in [-0.1, -0.05) is 19.1 Å². The number of carbonyl (C=O) groups is 3. The van der Waals surface area contributed by atoms with Crippen LogP contribution in [0.25, 0.3) is 21.9 Å². The molecule has 1 unspecified atom stereocenters. The summed E-state index contributed by atoms with van der Waals surface area (Å²) in [5.41, 5.74) is 7.47. The van der Waals surface area contributed by atoms with Crippen LogP contribution in [0.1, 0.15) is 65.3 Å². The number of ether oxygens (including phenoxy) is 1. The van der Waals surface area contributed by atoms with Gasteiger partial charge in [-0.15, -0.1) is 0 Å². The van der Waals surface area contributed by atoms with Crippen molar-refractivity contribution in [2.24, 2.45) is 12.5 Å². The number of benzene rings is 2. The van der Waals surface area contributed by atoms with Crippen LogP contribution in [-0.2, 0) is 42.8 Å². The highest BCUT2D eigenvalue weighted by Crippen LogP contribution is 2.44. The van der Waals surface area contributed by atoms with Crippen molar-refractivity contribution in [1.29, 1.82) is 0 Å². The summed E-state index contributed by atoms with van der Waals surface area (Å²) in [6.07, 6.45) is 7.01. The highest BCUT2D eigenvalue weighted by atomic mass is 16.5. The number of aliphatic hydroxyl groups excluding tert-OH is 1. The molecule has 3 fully saturated rings. The van der Waals surface area contributed by atoms with Crippen molar-refractivity contribution in [2.75, 3.05) is 38.2 Å². The van der Waals surface area contributed by atoms with Gasteiger partial charge in [0.25, 0.3) is 11.5 Å². The number of carbonyl (C=O) groups excluding carboxylic acids is 3. The summed E-state index contributed by atoms with van der Waals surface area (Å²) in [5.74, 6) is 0.0157. The molecule has 0 saturated carbocycles. The number of methoxy groups -OCH3 is 1. The number of nitrogens with one attached hydrogen (secondary N) is 1. The van der Waals surface area contributed by atoms with Crippen molar-refractivity contribution in [3.05, 3.63) is 87.1 Å². The fraction of sp³-hybridized carbons (Fsp3) is 0.425. The van der Waals surface area contributed by atoms with Crippen LogP contribution >= 0.6 is 0 Å². The summed E-state index contributed by atoms with van der Waals surface area (Å²) in [5, 5.41) is 13.4. The van der Waals surface area contributed by atoms with Gasteiger partial charge in [0.2, 0.25) is 11.8 Å². The number of nitrogens with zero attached hydrogens (tertiary/aromatic N) is 5. The van der Waals surface area contributed by atoms with Gasteiger partial charge in [0, 0.05) is 79.8 Å². The summed E-state index contributed by atoms with van der Waals surface area (Å²) in [6.45, 7) is 6.98. The van der Waals surface area contributed by atoms with E-state index in [4.69, 9.17) is 4.74 Å². The molecule has 4 aromatic rings. The second-order valence-electron chi connectivity index (χ2n) is 14.9. The third-order valence-corrected chi connectivity index (χ3v) is 11.7. The second-order valence-corrected chi connectivity index (χ2v) is 14.9. The first kappa shape index (κ1) is 34.0. The monoisotopic (exact) mass is 704 g/mol. The molecule has 1 spiro atoms. The van der Waals surface area contributed by atoms with E-state index in [0.717, 1.165) is 85.5 Å². The Kier molecular flexibility index (Phi) is 8.62. The van der Waals surface area contributed by atoms with E-state index in [1.165, 1.54) is 11.1 Å². The van der Waals surface area contributed by atoms with Gasteiger partial charge in [-0.3, -0.25) is 34.4 Å². The molecular weight excluding hydrogens is 660 g/mol. The van der Waals surface area contributed by atoms with Gasteiger partial charge >= 0.3 is 0 Å². The highest BCUT2D eigenvalue weighted by Gasteiger charge is 2.46. The first-order chi connectivity index (χ1) is 25.1. The standard InChI is InChI=1S/C40H44N6O6/c1-4-24-13-26(32-19-43(2)38(50)31-17-41-27(21-47)15-30(31)32)14-35(52-3)33(24)20-44-11-9-40(10-12-44)22-45(23-40)28-6-5-25-18-46(39(51)29(25)16-28)34-7-8-36(48)42-37(34)49/h5-6,13-17,19,34,47H,4,7-12,18,20-23H2,1-3H3,(H,42,48,49). The van der Waals surface area contributed by atoms with Gasteiger partial charge in [-0.05, 0) is 85.1 Å². The van der Waals surface area contributed by atoms with Gasteiger partial charge in [-0.2, -0.15) is 0 Å². The van der Waals surface area contributed by atoms with Crippen molar-refractivity contribution in [3.8, 4) is 16.9 Å². The molecule has 12 nitrogen and oxygen atoms in total. The van der Waals surface area contributed by atoms with Crippen LogP contribution < -0.4 is 20.5 Å². The molecule has 4 aliphatic rings. The van der Waals surface area contributed by atoms with E-state index in [2.05, 4.69) is 45.2 Å². The number of amides is 3. The second kappa shape index (κ2) is 13.2. The number of aliphatic hydroxyl groups is 1. The van der Waals surface area contributed by atoms with Crippen molar-refractivity contribution in [1.82, 2.24) is 24.7 Å². The van der Waals surface area contributed by atoms with E-state index < -0.39 is 6.04 Å². The zero-order chi connectivity index (χ0) is 36.3. The molecule has 270 valence electrons. The van der Waals surface area contributed by atoms with E-state index in [-0.39, 0.29) is 41.7 Å². The van der Waals surface area contributed by atoms with Crippen molar-refractivity contribution < 1.29 is 24.2 Å². The molecule has 3 amide bonds. The van der Waals surface area contributed by atoms with Crippen molar-refractivity contribution in [3.63, 3.8) is 0 Å². The van der Waals surface area contributed by atoms with E-state index in [1.54, 1.807) is 35.9 Å². The number of hydrogen-bond acceptors (Lipinski definition) is 9. The molecule has 2 N–H and O–H groups in total. The number of aryl methyl sites for hydroxylation is 2. The first-order valence-electron chi connectivity index (χ1n) is 18.1. The molecule has 3 saturated heterocycles. The smallest absolute Gasteiger partial charge is 0.259 e. The zero-order valence-corrected chi connectivity index (χ0v) is 29.9. The van der Waals surface area contributed by atoms with Gasteiger partial charge in [0.15, 0.2) is 0 Å². The van der Waals surface area contributed by atoms with E-state index in [9.17, 15) is 24.3 Å². The molecule has 0 aliphatic carbocycles. The summed E-state index contributed by atoms with van der Waals surface area (Å²) in [6, 6.07) is 11.5. The topological polar surface area (TPSA) is 137 Å². The fourth-order valence-electron chi connectivity index (χ4n) is 8.67. The lowest BCUT2D eigenvalue weighted by atomic mass is 9.71. The van der Waals surface area contributed by atoms with Crippen LogP contribution in [0.5, 0.6) is 5.75 Å². The number of fused-ring (bicyclic) bond motifs is 2. The SMILES string of the molecule is CCc1cc(-c2cn(C)c(=O)c3cnc(CO)cc23)cc(OC)c1CN1CCC2(CC1)CN(c1ccc3c(c1)C(=O)N(C1CCC(=O)NC1=O)C3)C2. The summed E-state index contributed by atoms with van der Waals surface area (Å²) in [4.78, 5) is 61.1. The lowest BCUT2D eigenvalue weighted by Crippen LogP contribution is -2.60. The number of imide groups is 1. The van der Waals surface area contributed by atoms with Crippen molar-refractivity contribution >= 4 is 34.2 Å². The van der Waals surface area contributed by atoms with Crippen LogP contribution in [-0.4, -0.2) is 81.5 Å². The first-order valence-corrected chi connectivity index (χ1v) is 18.1. The molecule has 0 bridgehead atoms. The van der Waals surface area contributed by atoms with E-state index in [1.807, 2.05) is 18.3 Å². The van der Waals surface area contributed by atoms with Gasteiger partial charge in [0.05, 0.1) is 24.8 Å². The minimum atomic E-state index is -0.607. The Hall–Kier alpha value is -5.07. The Balaban J connectivity index is 0.941. The molecule has 8 rings (SSSR count). The molecular formula is C40H44N6O6. The van der Waals surface area contributed by atoms with Crippen LogP contribution in [0.4, 0.5) is 5.69 Å². The number of rotatable bonds is 8. The fourth-order valence-corrected chi connectivity index (χ4v) is 8.67. The summed E-state index contributed by atoms with van der Waals surface area (Å²) >= 11 is 0. The van der Waals surface area contributed by atoms with Crippen molar-refractivity contribution in [2.45, 2.75) is 64.8 Å². The predicted octanol–water partition coefficient (Wildman–Crippen LogP) is 3.53. The minimum absolute atomic E-state index is 0.131. The van der Waals surface area contributed by atoms with Crippen LogP contribution in [0, 0.1) is 5.41 Å². The van der Waals surface area contributed by atoms with E-state index >= 15 is 0 Å². The molecule has 0 radical (unpaired) electrons. The number of hydrogen-bond donors (Lipinski definition) is 2. The maximum atomic E-state index is 13.4. The molecule has 52 heavy (non-hydrogen) atoms. The largest absolute Gasteiger partial charge is 0.496 e. The number of likely N-dealkylation sites (tertiary alicyclic amines) is 1. The van der Waals surface area contributed by atoms with Gasteiger partial charge < -0.3 is 24.2 Å². The van der Waals surface area contributed by atoms with Crippen LogP contribution in [0.15, 0.2) is 53.6 Å². The number of piperidine rings is 2. The Morgan fingerprint density at radius 3 is 2.52 bits per heavy atom. The Bertz CT molecular complexity index is 2150. The lowest BCUT2D eigenvalue weighted by molar-refractivity contribution is -0.136. The molecule has 2 aromatic carbocycles. The maximum absolute atomic E-state index is 13.4. The number of aromatic nitrogens is 2. The molecule has 6 heterocycles. The molecule has 12 heteroatoms. The van der Waals surface area contributed by atoms with Gasteiger partial charge in [-0.25, -0.2) is 0 Å². The average Bonchev–Trinajstić information content (AvgIpc) is 3.47. The summed E-state index contributed by atoms with van der Waals surface area (Å²) in [7, 11) is 3.45. The highest BCUT2D eigenvalue weighted by molar-refractivity contribution is 6.05. The Morgan fingerprint density at radius 2 is 1.81 bits per heavy atom. The van der Waals surface area contributed by atoms with Crippen LogP contribution in [0.2, 0.25) is 0 Å². The quantitative estimate of drug-likeness (QED) is 0.264. The van der Waals surface area contributed by atoms with Crippen LogP contribution in [0.3, 0.4) is 0 Å². The number of anilines is 1. The predicted molar refractivity (Wildman–Crippen MR) is 196 cm³/mol. The molecule has 2 aromatic heterocycles. The Labute approximate surface area is 302 Å². The zero-order valence-electron chi connectivity index (χ0n) is 29.9.